The van der Waals surface area contributed by atoms with Gasteiger partial charge >= 0.3 is 12.2 Å². The fraction of sp³-hybridized carbons (Fsp3) is 0.448. The molecule has 3 aliphatic rings. The van der Waals surface area contributed by atoms with Crippen LogP contribution in [-0.2, 0) is 12.7 Å². The number of urea groups is 1. The number of benzene rings is 2. The van der Waals surface area contributed by atoms with E-state index in [9.17, 15) is 31.1 Å². The molecule has 2 aliphatic heterocycles. The van der Waals surface area contributed by atoms with Gasteiger partial charge in [-0.15, -0.1) is 0 Å². The van der Waals surface area contributed by atoms with Crippen molar-refractivity contribution in [2.75, 3.05) is 22.9 Å². The van der Waals surface area contributed by atoms with Crippen LogP contribution in [0.3, 0.4) is 0 Å². The summed E-state index contributed by atoms with van der Waals surface area (Å²) in [6, 6.07) is 7.82. The molecule has 2 amide bonds. The first-order valence-electron chi connectivity index (χ1n) is 13.7. The molecule has 6 nitrogen and oxygen atoms in total. The maximum atomic E-state index is 14.6. The lowest BCUT2D eigenvalue weighted by molar-refractivity contribution is -0.138. The Kier molecular flexibility index (Phi) is 6.89. The van der Waals surface area contributed by atoms with Crippen LogP contribution < -0.4 is 9.80 Å². The molecule has 3 heterocycles. The molecule has 1 aromatic heterocycles. The van der Waals surface area contributed by atoms with Crippen LogP contribution in [0.2, 0.25) is 0 Å². The summed E-state index contributed by atoms with van der Waals surface area (Å²) in [7, 11) is 0. The van der Waals surface area contributed by atoms with Crippen molar-refractivity contribution in [1.82, 2.24) is 14.7 Å². The molecular formula is C29H29F6N5O. The fourth-order valence-corrected chi connectivity index (χ4v) is 6.10. The molecule has 2 fully saturated rings. The number of carbonyl (C=O) groups is 1. The third-order valence-corrected chi connectivity index (χ3v) is 8.31. The maximum absolute atomic E-state index is 14.6. The number of carbonyl (C=O) groups excluding carboxylic acids is 1. The molecule has 1 saturated heterocycles. The summed E-state index contributed by atoms with van der Waals surface area (Å²) >= 11 is 0. The van der Waals surface area contributed by atoms with Crippen molar-refractivity contribution in [2.45, 2.75) is 69.9 Å². The van der Waals surface area contributed by atoms with Gasteiger partial charge in [0, 0.05) is 36.5 Å². The van der Waals surface area contributed by atoms with Gasteiger partial charge in [0.05, 0.1) is 29.9 Å². The average molecular weight is 578 g/mol. The highest BCUT2D eigenvalue weighted by atomic mass is 19.4. The molecule has 0 bridgehead atoms. The first-order chi connectivity index (χ1) is 19.5. The van der Waals surface area contributed by atoms with Gasteiger partial charge in [-0.05, 0) is 50.3 Å². The zero-order valence-corrected chi connectivity index (χ0v) is 22.3. The second kappa shape index (κ2) is 10.3. The van der Waals surface area contributed by atoms with E-state index in [2.05, 4.69) is 5.10 Å². The van der Waals surface area contributed by atoms with Gasteiger partial charge < -0.3 is 9.80 Å². The summed E-state index contributed by atoms with van der Waals surface area (Å²) in [4.78, 5) is 18.6. The Morgan fingerprint density at radius 1 is 0.976 bits per heavy atom. The van der Waals surface area contributed by atoms with Gasteiger partial charge in [-0.1, -0.05) is 30.3 Å². The smallest absolute Gasteiger partial charge is 0.369 e. The highest BCUT2D eigenvalue weighted by Crippen LogP contribution is 2.44. The first-order valence-corrected chi connectivity index (χ1v) is 13.7. The standard InChI is InChI=1S/C29H29F6N5O/c1-17-22-16-39(19-9-10-19)36-27(22)38(15-18-5-2-3-7-23(18)29(33,34)35)28(41)40(17)20-11-13-37(14-12-20)25-21(26(31)32)6-4-8-24(25)30/h2-8,16-17,19-20,26H,9-15H2,1H3/t17-/m1/s1. The molecule has 1 saturated carbocycles. The summed E-state index contributed by atoms with van der Waals surface area (Å²) in [5, 5.41) is 4.64. The first kappa shape index (κ1) is 27.5. The van der Waals surface area contributed by atoms with Crippen molar-refractivity contribution in [1.29, 1.82) is 0 Å². The van der Waals surface area contributed by atoms with Crippen LogP contribution in [0.25, 0.3) is 0 Å². The monoisotopic (exact) mass is 577 g/mol. The minimum absolute atomic E-state index is 0.0383. The Morgan fingerprint density at radius 3 is 2.34 bits per heavy atom. The van der Waals surface area contributed by atoms with E-state index in [1.807, 2.05) is 13.1 Å². The largest absolute Gasteiger partial charge is 0.416 e. The third kappa shape index (κ3) is 5.01. The number of anilines is 2. The second-order valence-electron chi connectivity index (χ2n) is 10.9. The quantitative estimate of drug-likeness (QED) is 0.285. The highest BCUT2D eigenvalue weighted by molar-refractivity contribution is 5.94. The van der Waals surface area contributed by atoms with Crippen LogP contribution in [-0.4, -0.2) is 39.8 Å². The van der Waals surface area contributed by atoms with Crippen molar-refractivity contribution >= 4 is 17.5 Å². The minimum atomic E-state index is -4.59. The number of piperidine rings is 1. The van der Waals surface area contributed by atoms with Gasteiger partial charge in [0.15, 0.2) is 5.82 Å². The second-order valence-corrected chi connectivity index (χ2v) is 10.9. The maximum Gasteiger partial charge on any atom is 0.416 e. The zero-order chi connectivity index (χ0) is 29.1. The Labute approximate surface area is 233 Å². The van der Waals surface area contributed by atoms with Gasteiger partial charge in [0.2, 0.25) is 0 Å². The zero-order valence-electron chi connectivity index (χ0n) is 22.3. The molecular weight excluding hydrogens is 548 g/mol. The molecule has 1 aliphatic carbocycles. The fourth-order valence-electron chi connectivity index (χ4n) is 6.10. The van der Waals surface area contributed by atoms with Crippen LogP contribution in [0.4, 0.5) is 42.6 Å². The third-order valence-electron chi connectivity index (χ3n) is 8.31. The lowest BCUT2D eigenvalue weighted by Gasteiger charge is -2.46. The van der Waals surface area contributed by atoms with Crippen LogP contribution in [0.1, 0.15) is 73.4 Å². The number of rotatable bonds is 6. The Morgan fingerprint density at radius 2 is 1.68 bits per heavy atom. The van der Waals surface area contributed by atoms with Crippen molar-refractivity contribution in [3.8, 4) is 0 Å². The predicted octanol–water partition coefficient (Wildman–Crippen LogP) is 7.49. The average Bonchev–Trinajstić information content (AvgIpc) is 3.69. The molecule has 6 rings (SSSR count). The summed E-state index contributed by atoms with van der Waals surface area (Å²) < 4.78 is 85.2. The van der Waals surface area contributed by atoms with E-state index in [0.29, 0.717) is 18.7 Å². The van der Waals surface area contributed by atoms with Gasteiger partial charge in [-0.25, -0.2) is 18.0 Å². The molecule has 1 atom stereocenters. The van der Waals surface area contributed by atoms with E-state index < -0.39 is 36.1 Å². The number of hydrogen-bond acceptors (Lipinski definition) is 3. The summed E-state index contributed by atoms with van der Waals surface area (Å²) in [6.45, 7) is 2.05. The molecule has 218 valence electrons. The van der Waals surface area contributed by atoms with Crippen molar-refractivity contribution in [2.24, 2.45) is 0 Å². The SMILES string of the molecule is C[C@@H]1c2cn(C3CC3)nc2N(Cc2ccccc2C(F)(F)F)C(=O)N1C1CCN(c2c(F)cccc2C(F)F)CC1. The van der Waals surface area contributed by atoms with Crippen molar-refractivity contribution in [3.05, 3.63) is 76.7 Å². The van der Waals surface area contributed by atoms with E-state index >= 15 is 0 Å². The number of halogens is 6. The molecule has 41 heavy (non-hydrogen) atoms. The van der Waals surface area contributed by atoms with Crippen LogP contribution in [0.5, 0.6) is 0 Å². The molecule has 0 N–H and O–H groups in total. The van der Waals surface area contributed by atoms with Crippen molar-refractivity contribution < 1.29 is 31.1 Å². The van der Waals surface area contributed by atoms with E-state index in [1.54, 1.807) is 14.5 Å². The number of fused-ring (bicyclic) bond motifs is 1. The number of nitrogens with zero attached hydrogens (tertiary/aromatic N) is 5. The summed E-state index contributed by atoms with van der Waals surface area (Å²) in [5.41, 5.74) is -0.606. The Bertz CT molecular complexity index is 1440. The summed E-state index contributed by atoms with van der Waals surface area (Å²) in [5.74, 6) is -0.372. The summed E-state index contributed by atoms with van der Waals surface area (Å²) in [6.07, 6.45) is -2.90. The number of hydrogen-bond donors (Lipinski definition) is 0. The van der Waals surface area contributed by atoms with Gasteiger partial charge in [0.25, 0.3) is 6.43 Å². The molecule has 0 spiro atoms. The van der Waals surface area contributed by atoms with Crippen LogP contribution in [0, 0.1) is 5.82 Å². The number of alkyl halides is 5. The van der Waals surface area contributed by atoms with Gasteiger partial charge in [-0.3, -0.25) is 9.58 Å². The molecule has 2 aromatic carbocycles. The predicted molar refractivity (Wildman–Crippen MR) is 140 cm³/mol. The minimum Gasteiger partial charge on any atom is -0.369 e. The Hall–Kier alpha value is -3.70. The van der Waals surface area contributed by atoms with Crippen LogP contribution >= 0.6 is 0 Å². The van der Waals surface area contributed by atoms with Crippen molar-refractivity contribution in [3.63, 3.8) is 0 Å². The molecule has 0 radical (unpaired) electrons. The lowest BCUT2D eigenvalue weighted by atomic mass is 9.96. The molecule has 3 aromatic rings. The number of amides is 2. The molecule has 12 heteroatoms. The van der Waals surface area contributed by atoms with E-state index in [0.717, 1.165) is 30.5 Å². The lowest BCUT2D eigenvalue weighted by Crippen LogP contribution is -2.55. The normalized spacial score (nSPS) is 20.2. The Balaban J connectivity index is 1.30. The topological polar surface area (TPSA) is 44.6 Å². The van der Waals surface area contributed by atoms with Gasteiger partial charge in [0.1, 0.15) is 5.82 Å². The van der Waals surface area contributed by atoms with E-state index in [4.69, 9.17) is 0 Å². The number of aromatic nitrogens is 2. The number of para-hydroxylation sites is 1. The van der Waals surface area contributed by atoms with E-state index in [-0.39, 0.29) is 48.5 Å². The highest BCUT2D eigenvalue weighted by Gasteiger charge is 2.44. The van der Waals surface area contributed by atoms with Gasteiger partial charge in [-0.2, -0.15) is 18.3 Å². The van der Waals surface area contributed by atoms with Crippen LogP contribution in [0.15, 0.2) is 48.7 Å². The van der Waals surface area contributed by atoms with E-state index in [1.165, 1.54) is 35.2 Å². The molecule has 0 unspecified atom stereocenters.